The van der Waals surface area contributed by atoms with E-state index in [0.29, 0.717) is 41.7 Å². The highest BCUT2D eigenvalue weighted by atomic mass is 16.6. The van der Waals surface area contributed by atoms with Gasteiger partial charge < -0.3 is 24.3 Å². The van der Waals surface area contributed by atoms with Crippen LogP contribution >= 0.6 is 0 Å². The van der Waals surface area contributed by atoms with E-state index in [1.807, 2.05) is 6.92 Å². The van der Waals surface area contributed by atoms with Gasteiger partial charge in [0.2, 0.25) is 0 Å². The lowest BCUT2D eigenvalue weighted by Gasteiger charge is -2.19. The van der Waals surface area contributed by atoms with Crippen molar-refractivity contribution in [3.8, 4) is 17.2 Å². The number of rotatable bonds is 5. The third kappa shape index (κ3) is 4.05. The maximum atomic E-state index is 12.1. The van der Waals surface area contributed by atoms with Crippen LogP contribution in [0.2, 0.25) is 0 Å². The minimum atomic E-state index is -0.597. The number of methoxy groups -OCH3 is 1. The normalized spacial score (nSPS) is 12.2. The van der Waals surface area contributed by atoms with Gasteiger partial charge in [-0.05, 0) is 36.8 Å². The van der Waals surface area contributed by atoms with Gasteiger partial charge in [-0.15, -0.1) is 0 Å². The zero-order valence-electron chi connectivity index (χ0n) is 14.5. The summed E-state index contributed by atoms with van der Waals surface area (Å²) in [5, 5.41) is 2.65. The van der Waals surface area contributed by atoms with Crippen LogP contribution in [0.1, 0.15) is 15.9 Å². The number of hydrogen-bond acceptors (Lipinski definition) is 6. The number of anilines is 1. The number of fused-ring (bicyclic) bond motifs is 1. The summed E-state index contributed by atoms with van der Waals surface area (Å²) in [6.45, 7) is 2.43. The molecule has 0 bridgehead atoms. The Bertz CT molecular complexity index is 833. The van der Waals surface area contributed by atoms with Crippen LogP contribution < -0.4 is 19.5 Å². The molecule has 1 aliphatic rings. The molecule has 0 unspecified atom stereocenters. The summed E-state index contributed by atoms with van der Waals surface area (Å²) in [6.07, 6.45) is 0. The van der Waals surface area contributed by atoms with Gasteiger partial charge in [-0.3, -0.25) is 4.79 Å². The fraction of sp³-hybridized carbons (Fsp3) is 0.263. The highest BCUT2D eigenvalue weighted by molar-refractivity contribution is 5.95. The second-order valence-electron chi connectivity index (χ2n) is 5.67. The van der Waals surface area contributed by atoms with Crippen LogP contribution in [0.4, 0.5) is 5.69 Å². The summed E-state index contributed by atoms with van der Waals surface area (Å²) in [6, 6.07) is 10.0. The highest BCUT2D eigenvalue weighted by Gasteiger charge is 2.15. The number of benzene rings is 2. The molecule has 0 spiro atoms. The van der Waals surface area contributed by atoms with Crippen molar-refractivity contribution in [3.63, 3.8) is 0 Å². The lowest BCUT2D eigenvalue weighted by Crippen LogP contribution is -2.21. The fourth-order valence-electron chi connectivity index (χ4n) is 2.48. The largest absolute Gasteiger partial charge is 0.496 e. The van der Waals surface area contributed by atoms with Crippen molar-refractivity contribution in [1.29, 1.82) is 0 Å². The van der Waals surface area contributed by atoms with Gasteiger partial charge in [0.15, 0.2) is 18.1 Å². The van der Waals surface area contributed by atoms with Crippen LogP contribution in [-0.2, 0) is 9.53 Å². The minimum absolute atomic E-state index is 0.319. The van der Waals surface area contributed by atoms with E-state index in [1.54, 1.807) is 36.4 Å². The molecule has 0 radical (unpaired) electrons. The van der Waals surface area contributed by atoms with Gasteiger partial charge in [-0.2, -0.15) is 0 Å². The first-order valence-corrected chi connectivity index (χ1v) is 8.08. The molecular weight excluding hydrogens is 338 g/mol. The molecule has 2 aromatic carbocycles. The van der Waals surface area contributed by atoms with Gasteiger partial charge in [-0.25, -0.2) is 4.79 Å². The molecule has 3 rings (SSSR count). The van der Waals surface area contributed by atoms with Crippen molar-refractivity contribution >= 4 is 17.6 Å². The lowest BCUT2D eigenvalue weighted by molar-refractivity contribution is -0.119. The predicted molar refractivity (Wildman–Crippen MR) is 94.1 cm³/mol. The van der Waals surface area contributed by atoms with Crippen LogP contribution in [0.5, 0.6) is 17.2 Å². The van der Waals surface area contributed by atoms with E-state index in [9.17, 15) is 9.59 Å². The zero-order valence-corrected chi connectivity index (χ0v) is 14.5. The highest BCUT2D eigenvalue weighted by Crippen LogP contribution is 2.32. The van der Waals surface area contributed by atoms with Crippen molar-refractivity contribution in [2.45, 2.75) is 6.92 Å². The predicted octanol–water partition coefficient (Wildman–Crippen LogP) is 2.57. The maximum Gasteiger partial charge on any atom is 0.338 e. The topological polar surface area (TPSA) is 83.1 Å². The molecule has 0 aliphatic carbocycles. The Morgan fingerprint density at radius 3 is 2.62 bits per heavy atom. The Kier molecular flexibility index (Phi) is 5.26. The molecule has 7 nitrogen and oxygen atoms in total. The molecule has 26 heavy (non-hydrogen) atoms. The summed E-state index contributed by atoms with van der Waals surface area (Å²) < 4.78 is 21.1. The average molecular weight is 357 g/mol. The number of amides is 1. The number of nitrogens with one attached hydrogen (secondary N) is 1. The Hall–Kier alpha value is -3.22. The number of ether oxygens (including phenoxy) is 4. The molecular formula is C19H19NO6. The summed E-state index contributed by atoms with van der Waals surface area (Å²) >= 11 is 0. The van der Waals surface area contributed by atoms with Crippen LogP contribution in [-0.4, -0.2) is 38.8 Å². The second-order valence-corrected chi connectivity index (χ2v) is 5.67. The quantitative estimate of drug-likeness (QED) is 0.828. The van der Waals surface area contributed by atoms with Gasteiger partial charge in [0, 0.05) is 11.8 Å². The number of esters is 1. The monoisotopic (exact) mass is 357 g/mol. The first-order valence-electron chi connectivity index (χ1n) is 8.08. The smallest absolute Gasteiger partial charge is 0.338 e. The standard InChI is InChI=1S/C19H19NO6/c1-12-3-4-13(9-16(12)23-2)19(22)26-11-18(21)20-14-5-6-15-17(10-14)25-8-7-24-15/h3-6,9-10H,7-8,11H2,1-2H3,(H,20,21). The summed E-state index contributed by atoms with van der Waals surface area (Å²) in [7, 11) is 1.53. The van der Waals surface area contributed by atoms with Gasteiger partial charge in [0.25, 0.3) is 5.91 Å². The lowest BCUT2D eigenvalue weighted by atomic mass is 10.1. The van der Waals surface area contributed by atoms with E-state index in [1.165, 1.54) is 7.11 Å². The Morgan fingerprint density at radius 1 is 1.08 bits per heavy atom. The van der Waals surface area contributed by atoms with Crippen molar-refractivity contribution < 1.29 is 28.5 Å². The molecule has 1 amide bonds. The van der Waals surface area contributed by atoms with Gasteiger partial charge >= 0.3 is 5.97 Å². The SMILES string of the molecule is COc1cc(C(=O)OCC(=O)Nc2ccc3c(c2)OCCO3)ccc1C. The number of carbonyl (C=O) groups excluding carboxylic acids is 2. The molecule has 2 aromatic rings. The van der Waals surface area contributed by atoms with Crippen molar-refractivity contribution in [3.05, 3.63) is 47.5 Å². The van der Waals surface area contributed by atoms with Crippen molar-refractivity contribution in [1.82, 2.24) is 0 Å². The molecule has 7 heteroatoms. The molecule has 0 aromatic heterocycles. The Balaban J connectivity index is 1.56. The molecule has 0 saturated carbocycles. The first-order chi connectivity index (χ1) is 12.6. The van der Waals surface area contributed by atoms with Crippen molar-refractivity contribution in [2.24, 2.45) is 0 Å². The number of hydrogen-bond donors (Lipinski definition) is 1. The third-order valence-electron chi connectivity index (χ3n) is 3.80. The summed E-state index contributed by atoms with van der Waals surface area (Å²) in [4.78, 5) is 24.1. The van der Waals surface area contributed by atoms with E-state index in [4.69, 9.17) is 18.9 Å². The van der Waals surface area contributed by atoms with Crippen LogP contribution in [0.25, 0.3) is 0 Å². The molecule has 0 atom stereocenters. The van der Waals surface area contributed by atoms with E-state index in [2.05, 4.69) is 5.32 Å². The summed E-state index contributed by atoms with van der Waals surface area (Å²) in [5.41, 5.74) is 1.76. The van der Waals surface area contributed by atoms with Crippen LogP contribution in [0.3, 0.4) is 0 Å². The van der Waals surface area contributed by atoms with E-state index in [-0.39, 0.29) is 0 Å². The number of aryl methyl sites for hydroxylation is 1. The molecule has 1 heterocycles. The molecule has 1 N–H and O–H groups in total. The average Bonchev–Trinajstić information content (AvgIpc) is 2.66. The van der Waals surface area contributed by atoms with Crippen LogP contribution in [0.15, 0.2) is 36.4 Å². The Morgan fingerprint density at radius 2 is 1.85 bits per heavy atom. The third-order valence-corrected chi connectivity index (χ3v) is 3.80. The zero-order chi connectivity index (χ0) is 18.5. The maximum absolute atomic E-state index is 12.1. The molecule has 0 saturated heterocycles. The minimum Gasteiger partial charge on any atom is -0.496 e. The first kappa shape index (κ1) is 17.6. The molecule has 0 fully saturated rings. The second kappa shape index (κ2) is 7.77. The molecule has 136 valence electrons. The summed E-state index contributed by atoms with van der Waals surface area (Å²) in [5.74, 6) is 0.738. The van der Waals surface area contributed by atoms with E-state index >= 15 is 0 Å². The Labute approximate surface area is 150 Å². The van der Waals surface area contributed by atoms with Gasteiger partial charge in [0.05, 0.1) is 12.7 Å². The number of carbonyl (C=O) groups is 2. The van der Waals surface area contributed by atoms with E-state index < -0.39 is 18.5 Å². The van der Waals surface area contributed by atoms with Crippen LogP contribution in [0, 0.1) is 6.92 Å². The van der Waals surface area contributed by atoms with E-state index in [0.717, 1.165) is 5.56 Å². The fourth-order valence-corrected chi connectivity index (χ4v) is 2.48. The van der Waals surface area contributed by atoms with Gasteiger partial charge in [-0.1, -0.05) is 6.07 Å². The van der Waals surface area contributed by atoms with Gasteiger partial charge in [0.1, 0.15) is 19.0 Å². The van der Waals surface area contributed by atoms with Crippen molar-refractivity contribution in [2.75, 3.05) is 32.2 Å². The molecule has 1 aliphatic heterocycles.